The summed E-state index contributed by atoms with van der Waals surface area (Å²) in [6.07, 6.45) is 13.6. The van der Waals surface area contributed by atoms with E-state index in [2.05, 4.69) is 41.5 Å². The molecule has 2 heteroatoms. The standard InChI is InChI=1S/C29H50O2/c1-19(2)8-7-9-20(3)22-11-12-23-21-10-13-25-28(5,24(21)14-16-27(22,23)4)17-15-26(31)29(25,6)18-30/h19-20,22-23,25-26,30-31H,7-18H2,1-6H3/t20-,22-,23+,25-,26+,27-,28-,29-/m1/s1. The molecular weight excluding hydrogens is 380 g/mol. The largest absolute Gasteiger partial charge is 0.396 e. The summed E-state index contributed by atoms with van der Waals surface area (Å²) in [6, 6.07) is 0. The minimum atomic E-state index is -0.353. The molecule has 2 N–H and O–H groups in total. The van der Waals surface area contributed by atoms with Gasteiger partial charge >= 0.3 is 0 Å². The molecule has 4 aliphatic carbocycles. The zero-order chi connectivity index (χ0) is 22.6. The second kappa shape index (κ2) is 8.46. The first-order valence-corrected chi connectivity index (χ1v) is 13.6. The Morgan fingerprint density at radius 3 is 2.35 bits per heavy atom. The third-order valence-electron chi connectivity index (χ3n) is 11.3. The Balaban J connectivity index is 1.58. The van der Waals surface area contributed by atoms with Crippen LogP contribution in [0, 0.1) is 45.8 Å². The van der Waals surface area contributed by atoms with Crippen LogP contribution in [0.5, 0.6) is 0 Å². The smallest absolute Gasteiger partial charge is 0.0619 e. The number of aliphatic hydroxyl groups is 2. The van der Waals surface area contributed by atoms with Crippen LogP contribution in [0.2, 0.25) is 0 Å². The Morgan fingerprint density at radius 1 is 0.935 bits per heavy atom. The van der Waals surface area contributed by atoms with Gasteiger partial charge in [-0.2, -0.15) is 0 Å². The Hall–Kier alpha value is -0.340. The lowest BCUT2D eigenvalue weighted by atomic mass is 9.45. The van der Waals surface area contributed by atoms with Crippen molar-refractivity contribution >= 4 is 0 Å². The first kappa shape index (κ1) is 23.8. The van der Waals surface area contributed by atoms with Crippen molar-refractivity contribution in [1.29, 1.82) is 0 Å². The normalized spacial score (nSPS) is 46.0. The second-order valence-corrected chi connectivity index (χ2v) is 13.3. The predicted molar refractivity (Wildman–Crippen MR) is 130 cm³/mol. The van der Waals surface area contributed by atoms with Gasteiger partial charge in [0.2, 0.25) is 0 Å². The van der Waals surface area contributed by atoms with Crippen molar-refractivity contribution in [1.82, 2.24) is 0 Å². The van der Waals surface area contributed by atoms with Crippen LogP contribution in [-0.2, 0) is 0 Å². The SMILES string of the molecule is CC(C)CCC[C@@H](C)[C@H]1CC[C@H]2C3=C(CC[C@]12C)[C@@]1(C)CC[C@H](O)[C@](C)(CO)[C@@H]1CC3. The van der Waals surface area contributed by atoms with E-state index in [0.717, 1.165) is 42.9 Å². The van der Waals surface area contributed by atoms with Crippen LogP contribution in [0.15, 0.2) is 11.1 Å². The average molecular weight is 431 g/mol. The lowest BCUT2D eigenvalue weighted by Gasteiger charge is -2.60. The maximum absolute atomic E-state index is 10.8. The van der Waals surface area contributed by atoms with Gasteiger partial charge in [0.15, 0.2) is 0 Å². The van der Waals surface area contributed by atoms with Gasteiger partial charge < -0.3 is 10.2 Å². The highest BCUT2D eigenvalue weighted by atomic mass is 16.3. The lowest BCUT2D eigenvalue weighted by molar-refractivity contribution is -0.126. The first-order valence-electron chi connectivity index (χ1n) is 13.6. The van der Waals surface area contributed by atoms with Crippen molar-refractivity contribution in [3.05, 3.63) is 11.1 Å². The Morgan fingerprint density at radius 2 is 1.68 bits per heavy atom. The van der Waals surface area contributed by atoms with Crippen molar-refractivity contribution in [3.63, 3.8) is 0 Å². The van der Waals surface area contributed by atoms with Crippen molar-refractivity contribution in [2.45, 2.75) is 118 Å². The fourth-order valence-electron chi connectivity index (χ4n) is 9.35. The molecule has 0 aromatic rings. The molecule has 4 rings (SSSR count). The molecule has 2 nitrogen and oxygen atoms in total. The number of aliphatic hydroxyl groups excluding tert-OH is 2. The van der Waals surface area contributed by atoms with E-state index in [1.54, 1.807) is 5.57 Å². The molecule has 0 bridgehead atoms. The van der Waals surface area contributed by atoms with Gasteiger partial charge in [-0.1, -0.05) is 72.0 Å². The topological polar surface area (TPSA) is 40.5 Å². The molecule has 0 heterocycles. The highest BCUT2D eigenvalue weighted by molar-refractivity contribution is 5.35. The molecule has 31 heavy (non-hydrogen) atoms. The van der Waals surface area contributed by atoms with Crippen LogP contribution in [0.3, 0.4) is 0 Å². The predicted octanol–water partition coefficient (Wildman–Crippen LogP) is 7.14. The minimum absolute atomic E-state index is 0.119. The van der Waals surface area contributed by atoms with E-state index in [1.807, 2.05) is 5.57 Å². The minimum Gasteiger partial charge on any atom is -0.396 e. The van der Waals surface area contributed by atoms with Crippen LogP contribution >= 0.6 is 0 Å². The van der Waals surface area contributed by atoms with Crippen LogP contribution in [0.25, 0.3) is 0 Å². The van der Waals surface area contributed by atoms with E-state index < -0.39 is 0 Å². The quantitative estimate of drug-likeness (QED) is 0.440. The van der Waals surface area contributed by atoms with Crippen LogP contribution < -0.4 is 0 Å². The summed E-state index contributed by atoms with van der Waals surface area (Å²) in [5, 5.41) is 21.1. The molecule has 0 aliphatic heterocycles. The average Bonchev–Trinajstić information content (AvgIpc) is 3.08. The molecule has 2 fully saturated rings. The van der Waals surface area contributed by atoms with Crippen molar-refractivity contribution in [2.24, 2.45) is 45.8 Å². The molecule has 0 amide bonds. The first-order chi connectivity index (χ1) is 14.6. The van der Waals surface area contributed by atoms with Crippen molar-refractivity contribution < 1.29 is 10.2 Å². The Kier molecular flexibility index (Phi) is 6.50. The Labute approximate surface area is 192 Å². The summed E-state index contributed by atoms with van der Waals surface area (Å²) in [5.41, 5.74) is 3.95. The van der Waals surface area contributed by atoms with Gasteiger partial charge in [-0.25, -0.2) is 0 Å². The summed E-state index contributed by atoms with van der Waals surface area (Å²) in [5.74, 6) is 3.78. The van der Waals surface area contributed by atoms with Crippen molar-refractivity contribution in [3.8, 4) is 0 Å². The Bertz CT molecular complexity index is 695. The van der Waals surface area contributed by atoms with Gasteiger partial charge in [0.1, 0.15) is 0 Å². The van der Waals surface area contributed by atoms with Crippen molar-refractivity contribution in [2.75, 3.05) is 6.61 Å². The fourth-order valence-corrected chi connectivity index (χ4v) is 9.35. The van der Waals surface area contributed by atoms with Crippen LogP contribution in [0.4, 0.5) is 0 Å². The number of hydrogen-bond donors (Lipinski definition) is 2. The zero-order valence-corrected chi connectivity index (χ0v) is 21.3. The highest BCUT2D eigenvalue weighted by Crippen LogP contribution is 2.68. The molecule has 2 saturated carbocycles. The van der Waals surface area contributed by atoms with Crippen LogP contribution in [-0.4, -0.2) is 22.9 Å². The van der Waals surface area contributed by atoms with Gasteiger partial charge in [0.05, 0.1) is 12.7 Å². The van der Waals surface area contributed by atoms with Gasteiger partial charge in [-0.15, -0.1) is 0 Å². The maximum Gasteiger partial charge on any atom is 0.0619 e. The van der Waals surface area contributed by atoms with Crippen LogP contribution in [0.1, 0.15) is 112 Å². The fraction of sp³-hybridized carbons (Fsp3) is 0.931. The van der Waals surface area contributed by atoms with Gasteiger partial charge in [0.25, 0.3) is 0 Å². The molecule has 4 aliphatic rings. The molecule has 8 atom stereocenters. The molecule has 0 radical (unpaired) electrons. The molecule has 0 unspecified atom stereocenters. The molecule has 178 valence electrons. The zero-order valence-electron chi connectivity index (χ0n) is 21.3. The summed E-state index contributed by atoms with van der Waals surface area (Å²) >= 11 is 0. The molecule has 0 aromatic carbocycles. The van der Waals surface area contributed by atoms with Gasteiger partial charge in [0, 0.05) is 5.41 Å². The van der Waals surface area contributed by atoms with E-state index in [9.17, 15) is 10.2 Å². The lowest BCUT2D eigenvalue weighted by Crippen LogP contribution is -2.56. The van der Waals surface area contributed by atoms with E-state index in [1.165, 1.54) is 51.4 Å². The number of rotatable bonds is 6. The van der Waals surface area contributed by atoms with Gasteiger partial charge in [-0.3, -0.25) is 0 Å². The van der Waals surface area contributed by atoms with E-state index >= 15 is 0 Å². The summed E-state index contributed by atoms with van der Waals surface area (Å²) in [6.45, 7) is 14.7. The number of hydrogen-bond acceptors (Lipinski definition) is 2. The molecule has 0 aromatic heterocycles. The summed E-state index contributed by atoms with van der Waals surface area (Å²) in [7, 11) is 0. The summed E-state index contributed by atoms with van der Waals surface area (Å²) in [4.78, 5) is 0. The van der Waals surface area contributed by atoms with E-state index in [4.69, 9.17) is 0 Å². The second-order valence-electron chi connectivity index (χ2n) is 13.3. The van der Waals surface area contributed by atoms with E-state index in [0.29, 0.717) is 11.3 Å². The molecule has 0 spiro atoms. The monoisotopic (exact) mass is 430 g/mol. The maximum atomic E-state index is 10.8. The number of allylic oxidation sites excluding steroid dienone is 2. The van der Waals surface area contributed by atoms with E-state index in [-0.39, 0.29) is 23.5 Å². The highest BCUT2D eigenvalue weighted by Gasteiger charge is 2.60. The summed E-state index contributed by atoms with van der Waals surface area (Å²) < 4.78 is 0. The third kappa shape index (κ3) is 3.67. The molecular formula is C29H50O2. The number of fused-ring (bicyclic) bond motifs is 4. The third-order valence-corrected chi connectivity index (χ3v) is 11.3. The van der Waals surface area contributed by atoms with Gasteiger partial charge in [-0.05, 0) is 91.8 Å². The molecule has 0 saturated heterocycles.